The van der Waals surface area contributed by atoms with Crippen molar-refractivity contribution in [3.8, 4) is 0 Å². The van der Waals surface area contributed by atoms with E-state index < -0.39 is 11.6 Å². The molecule has 7 heteroatoms. The number of carboxylic acids is 1. The van der Waals surface area contributed by atoms with Crippen LogP contribution < -0.4 is 0 Å². The SMILES string of the molecule is CC(C)(C)OC(=O)N1CCC(c2nc3ccc(C(=O)O)cc3s2)CC1. The number of aromatic nitrogens is 1. The molecule has 0 aliphatic carbocycles. The van der Waals surface area contributed by atoms with Gasteiger partial charge in [0, 0.05) is 19.0 Å². The van der Waals surface area contributed by atoms with Crippen LogP contribution in [0.25, 0.3) is 10.2 Å². The van der Waals surface area contributed by atoms with Crippen LogP contribution in [0.3, 0.4) is 0 Å². The van der Waals surface area contributed by atoms with Crippen molar-refractivity contribution in [1.82, 2.24) is 9.88 Å². The fourth-order valence-corrected chi connectivity index (χ4v) is 4.06. The van der Waals surface area contributed by atoms with Gasteiger partial charge in [0.25, 0.3) is 0 Å². The number of hydrogen-bond donors (Lipinski definition) is 1. The smallest absolute Gasteiger partial charge is 0.410 e. The van der Waals surface area contributed by atoms with Crippen molar-refractivity contribution in [3.63, 3.8) is 0 Å². The van der Waals surface area contributed by atoms with Crippen LogP contribution in [0.15, 0.2) is 18.2 Å². The fraction of sp³-hybridized carbons (Fsp3) is 0.500. The van der Waals surface area contributed by atoms with E-state index in [1.54, 1.807) is 34.4 Å². The van der Waals surface area contributed by atoms with Crippen LogP contribution in [0.5, 0.6) is 0 Å². The van der Waals surface area contributed by atoms with E-state index in [0.29, 0.717) is 19.0 Å². The minimum absolute atomic E-state index is 0.263. The highest BCUT2D eigenvalue weighted by Gasteiger charge is 2.28. The summed E-state index contributed by atoms with van der Waals surface area (Å²) in [6.45, 7) is 6.89. The maximum Gasteiger partial charge on any atom is 0.410 e. The molecule has 0 spiro atoms. The van der Waals surface area contributed by atoms with Crippen LogP contribution in [0, 0.1) is 0 Å². The molecule has 2 aromatic rings. The molecule has 1 aromatic heterocycles. The van der Waals surface area contributed by atoms with Crippen molar-refractivity contribution in [3.05, 3.63) is 28.8 Å². The van der Waals surface area contributed by atoms with Gasteiger partial charge in [-0.15, -0.1) is 11.3 Å². The Morgan fingerprint density at radius 3 is 2.56 bits per heavy atom. The van der Waals surface area contributed by atoms with Crippen molar-refractivity contribution < 1.29 is 19.4 Å². The lowest BCUT2D eigenvalue weighted by molar-refractivity contribution is 0.0204. The van der Waals surface area contributed by atoms with Crippen LogP contribution in [0.2, 0.25) is 0 Å². The van der Waals surface area contributed by atoms with E-state index >= 15 is 0 Å². The third-order valence-corrected chi connectivity index (χ3v) is 5.33. The fourth-order valence-electron chi connectivity index (χ4n) is 2.89. The van der Waals surface area contributed by atoms with Crippen LogP contribution >= 0.6 is 11.3 Å². The number of thiazole rings is 1. The topological polar surface area (TPSA) is 79.7 Å². The van der Waals surface area contributed by atoms with E-state index in [1.165, 1.54) is 0 Å². The van der Waals surface area contributed by atoms with Crippen molar-refractivity contribution in [2.45, 2.75) is 45.1 Å². The number of carbonyl (C=O) groups is 2. The van der Waals surface area contributed by atoms with Gasteiger partial charge in [-0.1, -0.05) is 0 Å². The second kappa shape index (κ2) is 6.63. The number of amides is 1. The summed E-state index contributed by atoms with van der Waals surface area (Å²) < 4.78 is 6.31. The predicted molar refractivity (Wildman–Crippen MR) is 96.4 cm³/mol. The van der Waals surface area contributed by atoms with Gasteiger partial charge in [0.1, 0.15) is 5.60 Å². The Kier molecular flexibility index (Phi) is 4.69. The number of rotatable bonds is 2. The molecule has 0 bridgehead atoms. The molecular weight excluding hydrogens is 340 g/mol. The van der Waals surface area contributed by atoms with Crippen LogP contribution in [0.1, 0.15) is 54.9 Å². The Morgan fingerprint density at radius 1 is 1.28 bits per heavy atom. The van der Waals surface area contributed by atoms with Crippen molar-refractivity contribution in [2.24, 2.45) is 0 Å². The minimum atomic E-state index is -0.928. The highest BCUT2D eigenvalue weighted by molar-refractivity contribution is 7.18. The molecular formula is C18H22N2O4S. The zero-order chi connectivity index (χ0) is 18.2. The molecule has 1 amide bonds. The number of fused-ring (bicyclic) bond motifs is 1. The summed E-state index contributed by atoms with van der Waals surface area (Å²) in [7, 11) is 0. The first-order chi connectivity index (χ1) is 11.7. The number of piperidine rings is 1. The number of ether oxygens (including phenoxy) is 1. The molecule has 1 aromatic carbocycles. The largest absolute Gasteiger partial charge is 0.478 e. The Labute approximate surface area is 150 Å². The zero-order valence-corrected chi connectivity index (χ0v) is 15.4. The molecule has 3 rings (SSSR count). The molecule has 0 unspecified atom stereocenters. The lowest BCUT2D eigenvalue weighted by Gasteiger charge is -2.32. The maximum atomic E-state index is 12.1. The highest BCUT2D eigenvalue weighted by atomic mass is 32.1. The van der Waals surface area contributed by atoms with E-state index in [1.807, 2.05) is 20.8 Å². The summed E-state index contributed by atoms with van der Waals surface area (Å²) in [5.74, 6) is -0.633. The second-order valence-electron chi connectivity index (χ2n) is 7.28. The zero-order valence-electron chi connectivity index (χ0n) is 14.6. The van der Waals surface area contributed by atoms with Crippen LogP contribution in [-0.4, -0.2) is 45.7 Å². The van der Waals surface area contributed by atoms with Gasteiger partial charge in [0.05, 0.1) is 20.8 Å². The summed E-state index contributed by atoms with van der Waals surface area (Å²) in [6.07, 6.45) is 1.41. The molecule has 2 heterocycles. The van der Waals surface area contributed by atoms with E-state index in [-0.39, 0.29) is 11.7 Å². The number of carbonyl (C=O) groups excluding carboxylic acids is 1. The molecule has 1 saturated heterocycles. The quantitative estimate of drug-likeness (QED) is 0.870. The standard InChI is InChI=1S/C18H22N2O4S/c1-18(2,3)24-17(23)20-8-6-11(7-9-20)15-19-13-5-4-12(16(21)22)10-14(13)25-15/h4-5,10-11H,6-9H2,1-3H3,(H,21,22). The Hall–Kier alpha value is -2.15. The number of nitrogens with zero attached hydrogens (tertiary/aromatic N) is 2. The van der Waals surface area contributed by atoms with Gasteiger partial charge in [-0.3, -0.25) is 0 Å². The monoisotopic (exact) mass is 362 g/mol. The first-order valence-electron chi connectivity index (χ1n) is 8.34. The predicted octanol–water partition coefficient (Wildman–Crippen LogP) is 4.11. The number of aromatic carboxylic acids is 1. The minimum Gasteiger partial charge on any atom is -0.478 e. The molecule has 0 saturated carbocycles. The summed E-state index contributed by atoms with van der Waals surface area (Å²) in [4.78, 5) is 29.6. The van der Waals surface area contributed by atoms with Crippen molar-refractivity contribution >= 4 is 33.6 Å². The number of hydrogen-bond acceptors (Lipinski definition) is 5. The molecule has 1 fully saturated rings. The van der Waals surface area contributed by atoms with Gasteiger partial charge < -0.3 is 14.7 Å². The molecule has 1 aliphatic heterocycles. The molecule has 134 valence electrons. The molecule has 0 atom stereocenters. The lowest BCUT2D eigenvalue weighted by Crippen LogP contribution is -2.41. The van der Waals surface area contributed by atoms with Crippen LogP contribution in [-0.2, 0) is 4.74 Å². The second-order valence-corrected chi connectivity index (χ2v) is 8.34. The Balaban J connectivity index is 1.67. The molecule has 6 nitrogen and oxygen atoms in total. The van der Waals surface area contributed by atoms with E-state index in [4.69, 9.17) is 9.84 Å². The third-order valence-electron chi connectivity index (χ3n) is 4.15. The third kappa shape index (κ3) is 4.10. The first kappa shape index (κ1) is 17.7. The van der Waals surface area contributed by atoms with Gasteiger partial charge in [0.2, 0.25) is 0 Å². The number of likely N-dealkylation sites (tertiary alicyclic amines) is 1. The van der Waals surface area contributed by atoms with Crippen LogP contribution in [0.4, 0.5) is 4.79 Å². The maximum absolute atomic E-state index is 12.1. The summed E-state index contributed by atoms with van der Waals surface area (Å²) >= 11 is 1.55. The molecule has 25 heavy (non-hydrogen) atoms. The Bertz CT molecular complexity index is 801. The van der Waals surface area contributed by atoms with Gasteiger partial charge in [-0.2, -0.15) is 0 Å². The normalized spacial score (nSPS) is 16.2. The van der Waals surface area contributed by atoms with Gasteiger partial charge in [0.15, 0.2) is 0 Å². The summed E-state index contributed by atoms with van der Waals surface area (Å²) in [6, 6.07) is 5.02. The van der Waals surface area contributed by atoms with Gasteiger partial charge in [-0.25, -0.2) is 14.6 Å². The van der Waals surface area contributed by atoms with Gasteiger partial charge >= 0.3 is 12.1 Å². The number of carboxylic acid groups (broad SMARTS) is 1. The summed E-state index contributed by atoms with van der Waals surface area (Å²) in [5.41, 5.74) is 0.630. The van der Waals surface area contributed by atoms with Crippen molar-refractivity contribution in [1.29, 1.82) is 0 Å². The Morgan fingerprint density at radius 2 is 1.96 bits per heavy atom. The highest BCUT2D eigenvalue weighted by Crippen LogP contribution is 2.34. The molecule has 0 radical (unpaired) electrons. The van der Waals surface area contributed by atoms with E-state index in [2.05, 4.69) is 4.98 Å². The number of benzene rings is 1. The van der Waals surface area contributed by atoms with Gasteiger partial charge in [-0.05, 0) is 51.8 Å². The lowest BCUT2D eigenvalue weighted by atomic mass is 9.98. The summed E-state index contributed by atoms with van der Waals surface area (Å²) in [5, 5.41) is 10.1. The average Bonchev–Trinajstić information content (AvgIpc) is 2.96. The average molecular weight is 362 g/mol. The van der Waals surface area contributed by atoms with E-state index in [0.717, 1.165) is 28.1 Å². The first-order valence-corrected chi connectivity index (χ1v) is 9.16. The molecule has 1 aliphatic rings. The molecule has 1 N–H and O–H groups in total. The van der Waals surface area contributed by atoms with E-state index in [9.17, 15) is 9.59 Å². The van der Waals surface area contributed by atoms with Crippen molar-refractivity contribution in [2.75, 3.05) is 13.1 Å².